The van der Waals surface area contributed by atoms with Crippen LogP contribution in [0.1, 0.15) is 43.6 Å². The van der Waals surface area contributed by atoms with E-state index in [9.17, 15) is 9.59 Å². The van der Waals surface area contributed by atoms with Crippen molar-refractivity contribution in [3.8, 4) is 0 Å². The van der Waals surface area contributed by atoms with Crippen LogP contribution in [-0.4, -0.2) is 60.2 Å². The third-order valence-electron chi connectivity index (χ3n) is 4.24. The first-order chi connectivity index (χ1) is 12.1. The quantitative estimate of drug-likeness (QED) is 0.689. The van der Waals surface area contributed by atoms with E-state index in [0.29, 0.717) is 18.7 Å². The first-order valence-corrected chi connectivity index (χ1v) is 9.48. The number of piperazine rings is 1. The third kappa shape index (κ3) is 5.45. The van der Waals surface area contributed by atoms with Crippen molar-refractivity contribution in [2.24, 2.45) is 0 Å². The molecule has 1 amide bonds. The van der Waals surface area contributed by atoms with E-state index < -0.39 is 5.60 Å². The Morgan fingerprint density at radius 1 is 1.27 bits per heavy atom. The molecule has 1 aromatic carbocycles. The van der Waals surface area contributed by atoms with Crippen molar-refractivity contribution in [3.63, 3.8) is 0 Å². The minimum Gasteiger partial charge on any atom is -0.465 e. The summed E-state index contributed by atoms with van der Waals surface area (Å²) in [6.07, 6.45) is -0.255. The molecule has 6 nitrogen and oxygen atoms in total. The van der Waals surface area contributed by atoms with Gasteiger partial charge in [-0.3, -0.25) is 4.90 Å². The summed E-state index contributed by atoms with van der Waals surface area (Å²) in [7, 11) is 1.37. The van der Waals surface area contributed by atoms with Gasteiger partial charge in [-0.1, -0.05) is 6.07 Å². The van der Waals surface area contributed by atoms with Gasteiger partial charge in [-0.25, -0.2) is 9.59 Å². The van der Waals surface area contributed by atoms with Crippen LogP contribution in [0.25, 0.3) is 0 Å². The molecule has 26 heavy (non-hydrogen) atoms. The predicted octanol–water partition coefficient (Wildman–Crippen LogP) is 3.68. The highest BCUT2D eigenvalue weighted by molar-refractivity contribution is 9.10. The SMILES string of the molecule is COC(=O)c1ccc(CN2CCN(C(=O)OC(C)(C)C)CC2C)cc1Br. The monoisotopic (exact) mass is 426 g/mol. The minimum absolute atomic E-state index is 0.218. The second kappa shape index (κ2) is 8.39. The maximum absolute atomic E-state index is 12.2. The standard InChI is InChI=1S/C19H27BrN2O4/c1-13-11-22(18(24)26-19(2,3)4)9-8-21(13)12-14-6-7-15(16(20)10-14)17(23)25-5/h6-7,10,13H,8-9,11-12H2,1-5H3. The van der Waals surface area contributed by atoms with E-state index in [1.54, 1.807) is 11.0 Å². The van der Waals surface area contributed by atoms with Crippen LogP contribution in [0, 0.1) is 0 Å². The summed E-state index contributed by atoms with van der Waals surface area (Å²) in [6, 6.07) is 5.87. The molecule has 1 aromatic rings. The summed E-state index contributed by atoms with van der Waals surface area (Å²) in [4.78, 5) is 28.0. The number of amides is 1. The first kappa shape index (κ1) is 20.7. The van der Waals surface area contributed by atoms with Crippen molar-refractivity contribution in [2.75, 3.05) is 26.7 Å². The fourth-order valence-corrected chi connectivity index (χ4v) is 3.48. The molecule has 0 aliphatic carbocycles. The number of hydrogen-bond acceptors (Lipinski definition) is 5. The van der Waals surface area contributed by atoms with E-state index in [4.69, 9.17) is 9.47 Å². The second-order valence-electron chi connectivity index (χ2n) is 7.55. The van der Waals surface area contributed by atoms with Crippen molar-refractivity contribution in [1.82, 2.24) is 9.80 Å². The molecular formula is C19H27BrN2O4. The largest absolute Gasteiger partial charge is 0.465 e. The van der Waals surface area contributed by atoms with Crippen LogP contribution in [0.4, 0.5) is 4.79 Å². The Morgan fingerprint density at radius 3 is 2.50 bits per heavy atom. The molecule has 1 saturated heterocycles. The zero-order valence-electron chi connectivity index (χ0n) is 16.0. The summed E-state index contributed by atoms with van der Waals surface area (Å²) >= 11 is 3.44. The molecule has 0 bridgehead atoms. The normalized spacial score (nSPS) is 18.5. The topological polar surface area (TPSA) is 59.1 Å². The highest BCUT2D eigenvalue weighted by Crippen LogP contribution is 2.22. The average molecular weight is 427 g/mol. The van der Waals surface area contributed by atoms with E-state index in [2.05, 4.69) is 27.8 Å². The third-order valence-corrected chi connectivity index (χ3v) is 4.90. The molecule has 0 radical (unpaired) electrons. The number of benzene rings is 1. The molecule has 2 rings (SSSR count). The number of methoxy groups -OCH3 is 1. The smallest absolute Gasteiger partial charge is 0.410 e. The number of ether oxygens (including phenoxy) is 2. The molecular weight excluding hydrogens is 400 g/mol. The molecule has 144 valence electrons. The Morgan fingerprint density at radius 2 is 1.96 bits per heavy atom. The van der Waals surface area contributed by atoms with Gasteiger partial charge in [0.15, 0.2) is 0 Å². The van der Waals surface area contributed by atoms with Gasteiger partial charge < -0.3 is 14.4 Å². The van der Waals surface area contributed by atoms with Crippen molar-refractivity contribution < 1.29 is 19.1 Å². The van der Waals surface area contributed by atoms with E-state index >= 15 is 0 Å². The lowest BCUT2D eigenvalue weighted by Gasteiger charge is -2.40. The molecule has 1 aliphatic rings. The minimum atomic E-state index is -0.481. The zero-order chi connectivity index (χ0) is 19.5. The molecule has 1 fully saturated rings. The molecule has 1 unspecified atom stereocenters. The summed E-state index contributed by atoms with van der Waals surface area (Å²) < 4.78 is 10.9. The zero-order valence-corrected chi connectivity index (χ0v) is 17.6. The lowest BCUT2D eigenvalue weighted by molar-refractivity contribution is 0.00460. The molecule has 1 aliphatic heterocycles. The second-order valence-corrected chi connectivity index (χ2v) is 8.41. The number of nitrogens with zero attached hydrogens (tertiary/aromatic N) is 2. The summed E-state index contributed by atoms with van der Waals surface area (Å²) in [5.74, 6) is -0.359. The number of carbonyl (C=O) groups excluding carboxylic acids is 2. The number of esters is 1. The van der Waals surface area contributed by atoms with Gasteiger partial charge in [0.1, 0.15) is 5.60 Å². The Labute approximate surface area is 163 Å². The Kier molecular flexibility index (Phi) is 6.69. The molecule has 0 spiro atoms. The van der Waals surface area contributed by atoms with Crippen molar-refractivity contribution >= 4 is 28.0 Å². The van der Waals surface area contributed by atoms with Crippen LogP contribution < -0.4 is 0 Å². The van der Waals surface area contributed by atoms with Gasteiger partial charge in [0, 0.05) is 36.7 Å². The molecule has 0 saturated carbocycles. The van der Waals surface area contributed by atoms with Gasteiger partial charge in [0.25, 0.3) is 0 Å². The number of rotatable bonds is 3. The molecule has 0 aromatic heterocycles. The molecule has 7 heteroatoms. The van der Waals surface area contributed by atoms with Gasteiger partial charge in [-0.05, 0) is 61.3 Å². The highest BCUT2D eigenvalue weighted by Gasteiger charge is 2.29. The Balaban J connectivity index is 1.97. The molecule has 0 N–H and O–H groups in total. The van der Waals surface area contributed by atoms with Gasteiger partial charge in [-0.2, -0.15) is 0 Å². The van der Waals surface area contributed by atoms with Gasteiger partial charge in [-0.15, -0.1) is 0 Å². The van der Waals surface area contributed by atoms with E-state index in [1.807, 2.05) is 32.9 Å². The number of hydrogen-bond donors (Lipinski definition) is 0. The van der Waals surface area contributed by atoms with E-state index in [-0.39, 0.29) is 18.1 Å². The van der Waals surface area contributed by atoms with Crippen LogP contribution in [0.3, 0.4) is 0 Å². The molecule has 1 atom stereocenters. The lowest BCUT2D eigenvalue weighted by Crippen LogP contribution is -2.54. The fourth-order valence-electron chi connectivity index (χ4n) is 2.89. The summed E-state index contributed by atoms with van der Waals surface area (Å²) in [6.45, 7) is 10.5. The van der Waals surface area contributed by atoms with Crippen LogP contribution in [0.15, 0.2) is 22.7 Å². The van der Waals surface area contributed by atoms with Crippen LogP contribution in [0.2, 0.25) is 0 Å². The van der Waals surface area contributed by atoms with Crippen LogP contribution in [0.5, 0.6) is 0 Å². The number of carbonyl (C=O) groups is 2. The highest BCUT2D eigenvalue weighted by atomic mass is 79.9. The molecule has 1 heterocycles. The average Bonchev–Trinajstić information content (AvgIpc) is 2.54. The summed E-state index contributed by atoms with van der Waals surface area (Å²) in [5, 5.41) is 0. The van der Waals surface area contributed by atoms with Crippen molar-refractivity contribution in [1.29, 1.82) is 0 Å². The van der Waals surface area contributed by atoms with Crippen molar-refractivity contribution in [3.05, 3.63) is 33.8 Å². The van der Waals surface area contributed by atoms with E-state index in [1.165, 1.54) is 7.11 Å². The van der Waals surface area contributed by atoms with Gasteiger partial charge >= 0.3 is 12.1 Å². The fraction of sp³-hybridized carbons (Fsp3) is 0.579. The Hall–Kier alpha value is -1.60. The lowest BCUT2D eigenvalue weighted by atomic mass is 10.1. The maximum atomic E-state index is 12.2. The predicted molar refractivity (Wildman–Crippen MR) is 103 cm³/mol. The van der Waals surface area contributed by atoms with Gasteiger partial charge in [0.05, 0.1) is 12.7 Å². The van der Waals surface area contributed by atoms with E-state index in [0.717, 1.165) is 23.1 Å². The number of halogens is 1. The van der Waals surface area contributed by atoms with Crippen molar-refractivity contribution in [2.45, 2.75) is 45.9 Å². The van der Waals surface area contributed by atoms with Gasteiger partial charge in [0.2, 0.25) is 0 Å². The Bertz CT molecular complexity index is 672. The van der Waals surface area contributed by atoms with Crippen LogP contribution in [-0.2, 0) is 16.0 Å². The maximum Gasteiger partial charge on any atom is 0.410 e. The van der Waals surface area contributed by atoms with Crippen LogP contribution >= 0.6 is 15.9 Å². The summed E-state index contributed by atoms with van der Waals surface area (Å²) in [5.41, 5.74) is 1.13. The first-order valence-electron chi connectivity index (χ1n) is 8.69.